The van der Waals surface area contributed by atoms with Gasteiger partial charge < -0.3 is 14.5 Å². The first-order chi connectivity index (χ1) is 16.6. The highest BCUT2D eigenvalue weighted by Gasteiger charge is 2.17. The second kappa shape index (κ2) is 9.46. The molecule has 4 aromatic rings. The molecule has 9 heteroatoms. The van der Waals surface area contributed by atoms with Crippen LogP contribution in [0.4, 0.5) is 11.4 Å². The molecule has 0 aliphatic heterocycles. The number of rotatable bonds is 7. The minimum Gasteiger partial charge on any atom is -0.457 e. The fourth-order valence-corrected chi connectivity index (χ4v) is 3.81. The van der Waals surface area contributed by atoms with E-state index in [9.17, 15) is 14.9 Å². The summed E-state index contributed by atoms with van der Waals surface area (Å²) in [6.45, 7) is 10.1. The Morgan fingerprint density at radius 1 is 1.09 bits per heavy atom. The summed E-state index contributed by atoms with van der Waals surface area (Å²) >= 11 is 0. The van der Waals surface area contributed by atoms with Gasteiger partial charge in [-0.15, -0.1) is 0 Å². The Bertz CT molecular complexity index is 1430. The summed E-state index contributed by atoms with van der Waals surface area (Å²) < 4.78 is 13.5. The van der Waals surface area contributed by atoms with Crippen molar-refractivity contribution in [1.29, 1.82) is 0 Å². The van der Waals surface area contributed by atoms with Gasteiger partial charge in [0.05, 0.1) is 28.9 Å². The van der Waals surface area contributed by atoms with E-state index in [1.807, 2.05) is 52.8 Å². The van der Waals surface area contributed by atoms with E-state index in [0.29, 0.717) is 18.1 Å². The lowest BCUT2D eigenvalue weighted by Gasteiger charge is -2.13. The molecular weight excluding hydrogens is 448 g/mol. The minimum atomic E-state index is -0.531. The molecule has 0 aliphatic rings. The van der Waals surface area contributed by atoms with Crippen molar-refractivity contribution < 1.29 is 18.9 Å². The molecule has 1 N–H and O–H groups in total. The number of non-ortho nitro benzene ring substituents is 1. The molecule has 0 unspecified atom stereocenters. The van der Waals surface area contributed by atoms with Gasteiger partial charge in [-0.3, -0.25) is 19.6 Å². The second-order valence-electron chi connectivity index (χ2n) is 8.58. The number of nitrogens with one attached hydrogen (secondary N) is 1. The highest BCUT2D eigenvalue weighted by atomic mass is 16.6. The van der Waals surface area contributed by atoms with Crippen LogP contribution in [-0.4, -0.2) is 20.6 Å². The lowest BCUT2D eigenvalue weighted by atomic mass is 10.1. The van der Waals surface area contributed by atoms with Crippen molar-refractivity contribution >= 4 is 17.3 Å². The number of ether oxygens (including phenoxy) is 1. The molecule has 0 aliphatic carbocycles. The summed E-state index contributed by atoms with van der Waals surface area (Å²) in [4.78, 5) is 23.8. The summed E-state index contributed by atoms with van der Waals surface area (Å²) in [6.07, 6.45) is 0. The molecule has 2 aromatic carbocycles. The van der Waals surface area contributed by atoms with Crippen LogP contribution in [0.3, 0.4) is 0 Å². The first kappa shape index (κ1) is 23.7. The van der Waals surface area contributed by atoms with E-state index in [2.05, 4.69) is 10.4 Å². The van der Waals surface area contributed by atoms with Gasteiger partial charge in [0.15, 0.2) is 5.76 Å². The molecule has 0 fully saturated rings. The first-order valence-electron chi connectivity index (χ1n) is 11.1. The van der Waals surface area contributed by atoms with Gasteiger partial charge in [0.1, 0.15) is 17.3 Å². The number of aryl methyl sites for hydroxylation is 4. The van der Waals surface area contributed by atoms with Crippen LogP contribution < -0.4 is 10.1 Å². The number of benzene rings is 2. The smallest absolute Gasteiger partial charge is 0.291 e. The van der Waals surface area contributed by atoms with Gasteiger partial charge in [0.25, 0.3) is 11.6 Å². The number of nitrogens with zero attached hydrogens (tertiary/aromatic N) is 3. The van der Waals surface area contributed by atoms with Crippen LogP contribution in [0.1, 0.15) is 44.4 Å². The molecule has 180 valence electrons. The lowest BCUT2D eigenvalue weighted by molar-refractivity contribution is -0.384. The summed E-state index contributed by atoms with van der Waals surface area (Å²) in [5.41, 5.74) is 4.88. The normalized spacial score (nSPS) is 10.9. The van der Waals surface area contributed by atoms with Crippen molar-refractivity contribution in [3.8, 4) is 11.5 Å². The monoisotopic (exact) mass is 474 g/mol. The van der Waals surface area contributed by atoms with E-state index in [4.69, 9.17) is 9.15 Å². The lowest BCUT2D eigenvalue weighted by Crippen LogP contribution is -2.11. The van der Waals surface area contributed by atoms with E-state index in [1.54, 1.807) is 22.9 Å². The number of amides is 1. The molecule has 9 nitrogen and oxygen atoms in total. The number of carbonyl (C=O) groups excluding carboxylic acids is 1. The van der Waals surface area contributed by atoms with Crippen molar-refractivity contribution in [2.75, 3.05) is 5.32 Å². The minimum absolute atomic E-state index is 0.0839. The number of aromatic nitrogens is 2. The maximum atomic E-state index is 12.8. The topological polar surface area (TPSA) is 112 Å². The van der Waals surface area contributed by atoms with Gasteiger partial charge in [0, 0.05) is 17.8 Å². The molecule has 0 radical (unpaired) electrons. The number of furan rings is 1. The molecule has 0 saturated carbocycles. The van der Waals surface area contributed by atoms with E-state index >= 15 is 0 Å². The molecule has 0 spiro atoms. The molecular formula is C26H26N4O5. The third kappa shape index (κ3) is 5.40. The van der Waals surface area contributed by atoms with Crippen LogP contribution >= 0.6 is 0 Å². The van der Waals surface area contributed by atoms with E-state index in [-0.39, 0.29) is 22.9 Å². The average Bonchev–Trinajstić information content (AvgIpc) is 3.37. The number of hydrogen-bond donors (Lipinski definition) is 1. The Morgan fingerprint density at radius 2 is 1.86 bits per heavy atom. The first-order valence-corrected chi connectivity index (χ1v) is 11.1. The van der Waals surface area contributed by atoms with Crippen LogP contribution in [0.2, 0.25) is 0 Å². The molecule has 35 heavy (non-hydrogen) atoms. The summed E-state index contributed by atoms with van der Waals surface area (Å²) in [7, 11) is 0. The third-order valence-electron chi connectivity index (χ3n) is 5.65. The quantitative estimate of drug-likeness (QED) is 0.259. The van der Waals surface area contributed by atoms with E-state index in [0.717, 1.165) is 28.1 Å². The number of carbonyl (C=O) groups is 1. The molecule has 2 heterocycles. The molecule has 0 saturated heterocycles. The third-order valence-corrected chi connectivity index (χ3v) is 5.65. The van der Waals surface area contributed by atoms with Crippen molar-refractivity contribution in [2.45, 2.75) is 41.2 Å². The summed E-state index contributed by atoms with van der Waals surface area (Å²) in [5.74, 6) is 0.960. The Balaban J connectivity index is 1.55. The zero-order chi connectivity index (χ0) is 25.3. The van der Waals surface area contributed by atoms with Gasteiger partial charge in [-0.2, -0.15) is 5.10 Å². The van der Waals surface area contributed by atoms with Gasteiger partial charge >= 0.3 is 0 Å². The maximum Gasteiger partial charge on any atom is 0.291 e. The van der Waals surface area contributed by atoms with Crippen molar-refractivity contribution in [2.24, 2.45) is 0 Å². The number of hydrogen-bond acceptors (Lipinski definition) is 6. The van der Waals surface area contributed by atoms with Crippen LogP contribution in [0.5, 0.6) is 11.5 Å². The summed E-state index contributed by atoms with van der Waals surface area (Å²) in [6, 6.07) is 13.3. The van der Waals surface area contributed by atoms with Gasteiger partial charge in [-0.05, 0) is 75.6 Å². The van der Waals surface area contributed by atoms with E-state index < -0.39 is 10.8 Å². The Kier molecular flexibility index (Phi) is 6.42. The van der Waals surface area contributed by atoms with Crippen LogP contribution in [0.25, 0.3) is 0 Å². The average molecular weight is 475 g/mol. The zero-order valence-corrected chi connectivity index (χ0v) is 20.2. The van der Waals surface area contributed by atoms with Gasteiger partial charge in [-0.25, -0.2) is 0 Å². The Labute approximate surface area is 202 Å². The number of nitro benzene ring substituents is 1. The molecule has 0 bridgehead atoms. The van der Waals surface area contributed by atoms with Crippen LogP contribution in [0.15, 0.2) is 52.9 Å². The number of anilines is 1. The predicted octanol–water partition coefficient (Wildman–Crippen LogP) is 6.02. The van der Waals surface area contributed by atoms with Crippen LogP contribution in [-0.2, 0) is 6.54 Å². The maximum absolute atomic E-state index is 12.8. The number of nitro groups is 1. The molecule has 2 aromatic heterocycles. The highest BCUT2D eigenvalue weighted by molar-refractivity contribution is 6.02. The van der Waals surface area contributed by atoms with Crippen molar-refractivity contribution in [3.05, 3.63) is 98.2 Å². The fraction of sp³-hybridized carbons (Fsp3) is 0.231. The van der Waals surface area contributed by atoms with E-state index in [1.165, 1.54) is 12.1 Å². The molecule has 1 amide bonds. The predicted molar refractivity (Wildman–Crippen MR) is 131 cm³/mol. The highest BCUT2D eigenvalue weighted by Crippen LogP contribution is 2.33. The molecule has 0 atom stereocenters. The largest absolute Gasteiger partial charge is 0.457 e. The fourth-order valence-electron chi connectivity index (χ4n) is 3.81. The molecule has 4 rings (SSSR count). The standard InChI is InChI=1S/C26H26N4O5/c1-15-8-16(2)19(5)25(9-15)35-23-12-20(11-21(13-23)30(32)33)27-26(31)24-7-6-22(34-24)14-29-18(4)10-17(3)28-29/h6-13H,14H2,1-5H3,(H,27,31). The zero-order valence-electron chi connectivity index (χ0n) is 20.2. The van der Waals surface area contributed by atoms with Crippen LogP contribution in [0, 0.1) is 44.7 Å². The van der Waals surface area contributed by atoms with Crippen molar-refractivity contribution in [3.63, 3.8) is 0 Å². The van der Waals surface area contributed by atoms with Crippen molar-refractivity contribution in [1.82, 2.24) is 9.78 Å². The summed E-state index contributed by atoms with van der Waals surface area (Å²) in [5, 5.41) is 18.6. The Morgan fingerprint density at radius 3 is 2.54 bits per heavy atom. The van der Waals surface area contributed by atoms with Gasteiger partial charge in [0.2, 0.25) is 0 Å². The van der Waals surface area contributed by atoms with Gasteiger partial charge in [-0.1, -0.05) is 6.07 Å². The SMILES string of the molecule is Cc1cc(C)c(C)c(Oc2cc(NC(=O)c3ccc(Cn4nc(C)cc4C)o3)cc([N+](=O)[O-])c2)c1. The Hall–Kier alpha value is -4.40. The second-order valence-corrected chi connectivity index (χ2v) is 8.58.